The van der Waals surface area contributed by atoms with Gasteiger partial charge in [0.15, 0.2) is 0 Å². The molecule has 0 fully saturated rings. The van der Waals surface area contributed by atoms with E-state index in [4.69, 9.17) is 4.98 Å². The molecule has 0 bridgehead atoms. The molecule has 0 atom stereocenters. The number of halogens is 1. The molecule has 2 heterocycles. The number of nitrogens with zero attached hydrogens (tertiary/aromatic N) is 3. The van der Waals surface area contributed by atoms with Crippen LogP contribution in [0.2, 0.25) is 0 Å². The molecule has 0 N–H and O–H groups in total. The van der Waals surface area contributed by atoms with E-state index in [0.717, 1.165) is 21.2 Å². The van der Waals surface area contributed by atoms with Crippen molar-refractivity contribution in [3.8, 4) is 0 Å². The predicted molar refractivity (Wildman–Crippen MR) is 121 cm³/mol. The van der Waals surface area contributed by atoms with Crippen LogP contribution >= 0.6 is 22.6 Å². The van der Waals surface area contributed by atoms with Gasteiger partial charge in [-0.1, -0.05) is 25.1 Å². The fourth-order valence-corrected chi connectivity index (χ4v) is 4.14. The van der Waals surface area contributed by atoms with Crippen LogP contribution in [0.25, 0.3) is 22.6 Å². The van der Waals surface area contributed by atoms with E-state index in [1.165, 1.54) is 0 Å². The van der Waals surface area contributed by atoms with Crippen LogP contribution in [0.5, 0.6) is 0 Å². The Balaban J connectivity index is 1.94. The Morgan fingerprint density at radius 2 is 1.89 bits per heavy atom. The fourth-order valence-electron chi connectivity index (χ4n) is 3.65. The normalized spacial score (nSPS) is 14.9. The van der Waals surface area contributed by atoms with Gasteiger partial charge in [-0.15, -0.1) is 0 Å². The smallest absolute Gasteiger partial charge is 0.261 e. The summed E-state index contributed by atoms with van der Waals surface area (Å²) < 4.78 is 2.62. The number of fused-ring (bicyclic) bond motifs is 2. The third-order valence-corrected chi connectivity index (χ3v) is 5.61. The Morgan fingerprint density at radius 1 is 1.11 bits per heavy atom. The van der Waals surface area contributed by atoms with E-state index >= 15 is 0 Å². The number of aromatic nitrogens is 2. The minimum absolute atomic E-state index is 0.0392. The van der Waals surface area contributed by atoms with E-state index in [0.29, 0.717) is 35.4 Å². The van der Waals surface area contributed by atoms with Crippen LogP contribution in [0.4, 0.5) is 5.69 Å². The molecule has 0 saturated heterocycles. The third-order valence-electron chi connectivity index (χ3n) is 4.94. The van der Waals surface area contributed by atoms with E-state index in [9.17, 15) is 9.59 Å². The molecule has 28 heavy (non-hydrogen) atoms. The zero-order valence-corrected chi connectivity index (χ0v) is 17.9. The second-order valence-corrected chi connectivity index (χ2v) is 7.96. The summed E-state index contributed by atoms with van der Waals surface area (Å²) in [4.78, 5) is 32.6. The first kappa shape index (κ1) is 18.9. The first-order valence-corrected chi connectivity index (χ1v) is 10.5. The summed E-state index contributed by atoms with van der Waals surface area (Å²) in [5.74, 6) is 0.473. The van der Waals surface area contributed by atoms with Crippen molar-refractivity contribution in [2.75, 3.05) is 11.4 Å². The second-order valence-electron chi connectivity index (χ2n) is 6.71. The van der Waals surface area contributed by atoms with Gasteiger partial charge in [0.05, 0.1) is 22.2 Å². The highest BCUT2D eigenvalue weighted by Gasteiger charge is 2.31. The summed E-state index contributed by atoms with van der Waals surface area (Å²) in [6.07, 6.45) is 2.64. The number of carbonyl (C=O) groups is 1. The standard InChI is InChI=1S/C22H20IN3O2/c1-3-11-26-19-8-6-5-7-15(19)16(21(26)27)13-20-24-18-10-9-14(23)12-17(18)22(28)25(20)4-2/h5-10,12-13H,3-4,11H2,1-2H3/b16-13-. The average molecular weight is 485 g/mol. The summed E-state index contributed by atoms with van der Waals surface area (Å²) in [6.45, 7) is 5.12. The first-order valence-electron chi connectivity index (χ1n) is 9.38. The van der Waals surface area contributed by atoms with Crippen molar-refractivity contribution in [3.63, 3.8) is 0 Å². The number of hydrogen-bond donors (Lipinski definition) is 0. The van der Waals surface area contributed by atoms with Gasteiger partial charge in [-0.25, -0.2) is 4.98 Å². The quantitative estimate of drug-likeness (QED) is 0.409. The topological polar surface area (TPSA) is 55.2 Å². The summed E-state index contributed by atoms with van der Waals surface area (Å²) >= 11 is 2.19. The molecule has 0 unspecified atom stereocenters. The van der Waals surface area contributed by atoms with Crippen LogP contribution in [-0.4, -0.2) is 22.0 Å². The highest BCUT2D eigenvalue weighted by atomic mass is 127. The monoisotopic (exact) mass is 485 g/mol. The maximum absolute atomic E-state index is 13.1. The van der Waals surface area contributed by atoms with Gasteiger partial charge in [-0.05, 0) is 66.3 Å². The highest BCUT2D eigenvalue weighted by molar-refractivity contribution is 14.1. The molecule has 0 saturated carbocycles. The molecule has 1 aliphatic heterocycles. The predicted octanol–water partition coefficient (Wildman–Crippen LogP) is 4.32. The number of para-hydroxylation sites is 1. The van der Waals surface area contributed by atoms with Gasteiger partial charge in [0.1, 0.15) is 5.82 Å². The molecule has 142 valence electrons. The molecule has 0 aliphatic carbocycles. The van der Waals surface area contributed by atoms with Crippen LogP contribution in [0.3, 0.4) is 0 Å². The van der Waals surface area contributed by atoms with E-state index in [-0.39, 0.29) is 11.5 Å². The van der Waals surface area contributed by atoms with Gasteiger partial charge in [0, 0.05) is 22.2 Å². The molecule has 2 aromatic carbocycles. The lowest BCUT2D eigenvalue weighted by Crippen LogP contribution is -2.27. The lowest BCUT2D eigenvalue weighted by Gasteiger charge is -2.15. The van der Waals surface area contributed by atoms with E-state index < -0.39 is 0 Å². The molecular weight excluding hydrogens is 465 g/mol. The van der Waals surface area contributed by atoms with Crippen LogP contribution in [0.15, 0.2) is 47.3 Å². The van der Waals surface area contributed by atoms with Crippen molar-refractivity contribution in [1.29, 1.82) is 0 Å². The second kappa shape index (κ2) is 7.50. The van der Waals surface area contributed by atoms with Gasteiger partial charge < -0.3 is 4.90 Å². The number of benzene rings is 2. The summed E-state index contributed by atoms with van der Waals surface area (Å²) in [6, 6.07) is 13.4. The van der Waals surface area contributed by atoms with E-state index in [1.54, 1.807) is 15.5 Å². The van der Waals surface area contributed by atoms with Crippen LogP contribution in [0.1, 0.15) is 31.7 Å². The maximum Gasteiger partial charge on any atom is 0.261 e. The number of carbonyl (C=O) groups excluding carboxylic acids is 1. The van der Waals surface area contributed by atoms with Crippen molar-refractivity contribution in [2.45, 2.75) is 26.8 Å². The summed E-state index contributed by atoms with van der Waals surface area (Å²) in [7, 11) is 0. The van der Waals surface area contributed by atoms with E-state index in [1.807, 2.05) is 49.4 Å². The molecule has 6 heteroatoms. The molecule has 0 spiro atoms. The summed E-state index contributed by atoms with van der Waals surface area (Å²) in [5, 5.41) is 0.599. The van der Waals surface area contributed by atoms with Gasteiger partial charge in [-0.2, -0.15) is 0 Å². The lowest BCUT2D eigenvalue weighted by atomic mass is 10.1. The van der Waals surface area contributed by atoms with Crippen molar-refractivity contribution in [2.24, 2.45) is 0 Å². The van der Waals surface area contributed by atoms with Gasteiger partial charge in [-0.3, -0.25) is 14.2 Å². The minimum Gasteiger partial charge on any atom is -0.308 e. The fraction of sp³-hybridized carbons (Fsp3) is 0.227. The van der Waals surface area contributed by atoms with Crippen molar-refractivity contribution in [3.05, 3.63) is 67.8 Å². The number of hydrogen-bond acceptors (Lipinski definition) is 3. The minimum atomic E-state index is -0.0815. The van der Waals surface area contributed by atoms with Gasteiger partial charge >= 0.3 is 0 Å². The zero-order valence-electron chi connectivity index (χ0n) is 15.8. The van der Waals surface area contributed by atoms with Crippen molar-refractivity contribution < 1.29 is 4.79 Å². The Labute approximate surface area is 176 Å². The zero-order chi connectivity index (χ0) is 19.8. The first-order chi connectivity index (χ1) is 13.5. The number of rotatable bonds is 4. The Bertz CT molecular complexity index is 1180. The van der Waals surface area contributed by atoms with Crippen molar-refractivity contribution >= 4 is 56.7 Å². The molecule has 5 nitrogen and oxygen atoms in total. The van der Waals surface area contributed by atoms with Crippen LogP contribution < -0.4 is 10.5 Å². The van der Waals surface area contributed by atoms with Gasteiger partial charge in [0.25, 0.3) is 11.5 Å². The molecule has 0 radical (unpaired) electrons. The number of amides is 1. The molecule has 1 aromatic heterocycles. The number of anilines is 1. The Hall–Kier alpha value is -2.48. The third kappa shape index (κ3) is 3.05. The highest BCUT2D eigenvalue weighted by Crippen LogP contribution is 2.37. The van der Waals surface area contributed by atoms with Crippen LogP contribution in [0, 0.1) is 3.57 Å². The molecule has 3 aromatic rings. The molecule has 1 aliphatic rings. The SMILES string of the molecule is CCCN1C(=O)/C(=C\c2nc3ccc(I)cc3c(=O)n2CC)c2ccccc21. The lowest BCUT2D eigenvalue weighted by molar-refractivity contribution is -0.113. The Morgan fingerprint density at radius 3 is 2.64 bits per heavy atom. The van der Waals surface area contributed by atoms with Crippen molar-refractivity contribution in [1.82, 2.24) is 9.55 Å². The Kier molecular flexibility index (Phi) is 5.05. The van der Waals surface area contributed by atoms with Crippen LogP contribution in [-0.2, 0) is 11.3 Å². The maximum atomic E-state index is 13.1. The largest absolute Gasteiger partial charge is 0.308 e. The molecule has 1 amide bonds. The molecular formula is C22H20IN3O2. The van der Waals surface area contributed by atoms with E-state index in [2.05, 4.69) is 29.5 Å². The summed E-state index contributed by atoms with van der Waals surface area (Å²) in [5.41, 5.74) is 2.96. The average Bonchev–Trinajstić information content (AvgIpc) is 2.95. The van der Waals surface area contributed by atoms with Gasteiger partial charge in [0.2, 0.25) is 0 Å². The molecule has 4 rings (SSSR count).